The molecule has 33 heavy (non-hydrogen) atoms. The van der Waals surface area contributed by atoms with Gasteiger partial charge in [-0.3, -0.25) is 0 Å². The number of aliphatic hydroxyl groups is 1. The summed E-state index contributed by atoms with van der Waals surface area (Å²) in [5, 5.41) is 14.4. The van der Waals surface area contributed by atoms with Crippen molar-refractivity contribution in [3.05, 3.63) is 41.9 Å². The van der Waals surface area contributed by atoms with Crippen molar-refractivity contribution in [3.8, 4) is 22.6 Å². The molecule has 9 nitrogen and oxygen atoms in total. The molecule has 1 aliphatic rings. The summed E-state index contributed by atoms with van der Waals surface area (Å²) in [6.45, 7) is 3.79. The first-order valence-electron chi connectivity index (χ1n) is 11.1. The molecule has 4 N–H and O–H groups in total. The summed E-state index contributed by atoms with van der Waals surface area (Å²) in [5.41, 5.74) is 7.98. The first-order chi connectivity index (χ1) is 15.7. The van der Waals surface area contributed by atoms with Crippen molar-refractivity contribution in [2.24, 2.45) is 0 Å². The maximum Gasteiger partial charge on any atom is 0.261 e. The summed E-state index contributed by atoms with van der Waals surface area (Å²) >= 11 is 0. The normalized spacial score (nSPS) is 16.1. The molecule has 0 aliphatic heterocycles. The molecule has 0 unspecified atom stereocenters. The van der Waals surface area contributed by atoms with E-state index in [1.165, 1.54) is 0 Å². The van der Waals surface area contributed by atoms with Gasteiger partial charge in [0.2, 0.25) is 10.0 Å². The van der Waals surface area contributed by atoms with Crippen LogP contribution in [0, 0.1) is 13.8 Å². The number of aromatic nitrogens is 3. The molecule has 0 bridgehead atoms. The molecule has 4 rings (SSSR count). The Hall–Kier alpha value is -2.82. The number of pyridine rings is 1. The lowest BCUT2D eigenvalue weighted by Crippen LogP contribution is -2.36. The van der Waals surface area contributed by atoms with Crippen LogP contribution in [0.15, 0.2) is 39.9 Å². The van der Waals surface area contributed by atoms with Crippen LogP contribution in [-0.2, 0) is 10.0 Å². The van der Waals surface area contributed by atoms with E-state index in [0.717, 1.165) is 37.7 Å². The van der Waals surface area contributed by atoms with Crippen LogP contribution in [0.3, 0.4) is 0 Å². The highest BCUT2D eigenvalue weighted by molar-refractivity contribution is 7.89. The first-order valence-corrected chi connectivity index (χ1v) is 12.5. The van der Waals surface area contributed by atoms with Gasteiger partial charge in [0, 0.05) is 18.3 Å². The largest absolute Gasteiger partial charge is 0.390 e. The Morgan fingerprint density at radius 2 is 1.91 bits per heavy atom. The van der Waals surface area contributed by atoms with Crippen molar-refractivity contribution in [2.75, 3.05) is 12.3 Å². The molecular weight excluding hydrogens is 442 g/mol. The molecule has 176 valence electrons. The van der Waals surface area contributed by atoms with E-state index in [1.54, 1.807) is 37.4 Å². The number of nitrogens with one attached hydrogen (secondary N) is 1. The van der Waals surface area contributed by atoms with Crippen LogP contribution >= 0.6 is 0 Å². The molecule has 1 aliphatic carbocycles. The van der Waals surface area contributed by atoms with E-state index >= 15 is 0 Å². The molecule has 10 heteroatoms. The second-order valence-corrected chi connectivity index (χ2v) is 10.5. The summed E-state index contributed by atoms with van der Waals surface area (Å²) in [7, 11) is -3.75. The van der Waals surface area contributed by atoms with E-state index in [9.17, 15) is 13.5 Å². The third-order valence-electron chi connectivity index (χ3n) is 6.17. The van der Waals surface area contributed by atoms with Gasteiger partial charge in [0.05, 0.1) is 16.1 Å². The monoisotopic (exact) mass is 471 g/mol. The Labute approximate surface area is 193 Å². The second kappa shape index (κ2) is 9.20. The molecule has 0 amide bonds. The van der Waals surface area contributed by atoms with Crippen LogP contribution in [0.4, 0.5) is 5.82 Å². The van der Waals surface area contributed by atoms with Crippen LogP contribution in [0.1, 0.15) is 49.9 Å². The minimum absolute atomic E-state index is 0.144. The van der Waals surface area contributed by atoms with Crippen molar-refractivity contribution in [1.29, 1.82) is 0 Å². The number of sulfonamides is 1. The maximum atomic E-state index is 13.0. The maximum absolute atomic E-state index is 13.0. The number of rotatable bonds is 7. The average molecular weight is 472 g/mol. The highest BCUT2D eigenvalue weighted by Gasteiger charge is 2.29. The minimum Gasteiger partial charge on any atom is -0.390 e. The zero-order chi connectivity index (χ0) is 23.6. The molecule has 0 radical (unpaired) electrons. The average Bonchev–Trinajstić information content (AvgIpc) is 3.20. The topological polar surface area (TPSA) is 144 Å². The van der Waals surface area contributed by atoms with Crippen LogP contribution in [0.5, 0.6) is 0 Å². The Bertz CT molecular complexity index is 1250. The number of nitrogen functional groups attached to an aromatic ring is 1. The third kappa shape index (κ3) is 5.23. The van der Waals surface area contributed by atoms with Crippen molar-refractivity contribution < 1.29 is 18.0 Å². The molecule has 3 aromatic rings. The van der Waals surface area contributed by atoms with Gasteiger partial charge < -0.3 is 15.4 Å². The number of nitrogens with zero attached hydrogens (tertiary/aromatic N) is 3. The fourth-order valence-electron chi connectivity index (χ4n) is 4.24. The van der Waals surface area contributed by atoms with Gasteiger partial charge in [-0.05, 0) is 62.4 Å². The summed E-state index contributed by atoms with van der Waals surface area (Å²) in [4.78, 5) is 8.59. The molecule has 1 fully saturated rings. The van der Waals surface area contributed by atoms with Gasteiger partial charge in [0.25, 0.3) is 5.89 Å². The van der Waals surface area contributed by atoms with Gasteiger partial charge in [0.15, 0.2) is 5.82 Å². The van der Waals surface area contributed by atoms with Crippen molar-refractivity contribution in [1.82, 2.24) is 19.8 Å². The zero-order valence-electron chi connectivity index (χ0n) is 18.8. The van der Waals surface area contributed by atoms with E-state index in [-0.39, 0.29) is 23.1 Å². The standard InChI is InChI=1S/C23H29N5O4S/c1-15-6-7-18(33(30,31)26-11-10-23(29)8-4-3-5-9-23)13-19(15)17-12-20(21(24)25-14-17)22-27-16(2)28-32-22/h6-7,12-14,26,29H,3-5,8-11H2,1-2H3,(H2,24,25). The molecule has 0 atom stereocenters. The Kier molecular flexibility index (Phi) is 6.51. The lowest BCUT2D eigenvalue weighted by Gasteiger charge is -2.32. The zero-order valence-corrected chi connectivity index (χ0v) is 19.7. The molecule has 0 spiro atoms. The first kappa shape index (κ1) is 23.3. The molecule has 2 heterocycles. The summed E-state index contributed by atoms with van der Waals surface area (Å²) in [5.74, 6) is 0.970. The Morgan fingerprint density at radius 3 is 2.61 bits per heavy atom. The van der Waals surface area contributed by atoms with Crippen molar-refractivity contribution in [3.63, 3.8) is 0 Å². The smallest absolute Gasteiger partial charge is 0.261 e. The summed E-state index contributed by atoms with van der Waals surface area (Å²) in [6.07, 6.45) is 6.50. The predicted octanol–water partition coefficient (Wildman–Crippen LogP) is 3.36. The fourth-order valence-corrected chi connectivity index (χ4v) is 5.30. The van der Waals surface area contributed by atoms with Gasteiger partial charge >= 0.3 is 0 Å². The molecule has 0 saturated heterocycles. The number of nitrogens with two attached hydrogens (primary N) is 1. The van der Waals surface area contributed by atoms with E-state index in [4.69, 9.17) is 10.3 Å². The highest BCUT2D eigenvalue weighted by atomic mass is 32.2. The van der Waals surface area contributed by atoms with Crippen LogP contribution in [-0.4, -0.2) is 40.8 Å². The van der Waals surface area contributed by atoms with Crippen molar-refractivity contribution in [2.45, 2.75) is 62.9 Å². The number of anilines is 1. The molecule has 1 aromatic carbocycles. The van der Waals surface area contributed by atoms with Gasteiger partial charge in [-0.2, -0.15) is 4.98 Å². The lowest BCUT2D eigenvalue weighted by atomic mass is 9.83. The van der Waals surface area contributed by atoms with Gasteiger partial charge in [-0.1, -0.05) is 30.5 Å². The second-order valence-electron chi connectivity index (χ2n) is 8.71. The van der Waals surface area contributed by atoms with E-state index in [2.05, 4.69) is 19.8 Å². The fraction of sp³-hybridized carbons (Fsp3) is 0.435. The summed E-state index contributed by atoms with van der Waals surface area (Å²) in [6, 6.07) is 6.71. The van der Waals surface area contributed by atoms with Crippen molar-refractivity contribution >= 4 is 15.8 Å². The van der Waals surface area contributed by atoms with Crippen LogP contribution in [0.25, 0.3) is 22.6 Å². The number of hydrogen-bond acceptors (Lipinski definition) is 8. The minimum atomic E-state index is -3.75. The highest BCUT2D eigenvalue weighted by Crippen LogP contribution is 2.32. The molecule has 2 aromatic heterocycles. The number of benzene rings is 1. The Balaban J connectivity index is 1.57. The van der Waals surface area contributed by atoms with Gasteiger partial charge in [-0.15, -0.1) is 0 Å². The number of hydrogen-bond donors (Lipinski definition) is 3. The summed E-state index contributed by atoms with van der Waals surface area (Å²) < 4.78 is 33.8. The molecule has 1 saturated carbocycles. The predicted molar refractivity (Wildman–Crippen MR) is 125 cm³/mol. The van der Waals surface area contributed by atoms with Crippen LogP contribution in [0.2, 0.25) is 0 Å². The third-order valence-corrected chi connectivity index (χ3v) is 7.63. The quantitative estimate of drug-likeness (QED) is 0.476. The van der Waals surface area contributed by atoms with Gasteiger partial charge in [0.1, 0.15) is 5.82 Å². The van der Waals surface area contributed by atoms with E-state index < -0.39 is 15.6 Å². The lowest BCUT2D eigenvalue weighted by molar-refractivity contribution is -0.00214. The number of aryl methyl sites for hydroxylation is 2. The van der Waals surface area contributed by atoms with E-state index in [0.29, 0.717) is 28.9 Å². The van der Waals surface area contributed by atoms with Gasteiger partial charge in [-0.25, -0.2) is 18.1 Å². The Morgan fingerprint density at radius 1 is 1.15 bits per heavy atom. The van der Waals surface area contributed by atoms with E-state index in [1.807, 2.05) is 6.92 Å². The van der Waals surface area contributed by atoms with Crippen LogP contribution < -0.4 is 10.5 Å². The SMILES string of the molecule is Cc1noc(-c2cc(-c3cc(S(=O)(=O)NCCC4(O)CCCCC4)ccc3C)cnc2N)n1. The molecular formula is C23H29N5O4S.